The van der Waals surface area contributed by atoms with Crippen molar-refractivity contribution >= 4 is 5.91 Å². The molecule has 5 nitrogen and oxygen atoms in total. The largest absolute Gasteiger partial charge is 0.361 e. The summed E-state index contributed by atoms with van der Waals surface area (Å²) >= 11 is 0. The van der Waals surface area contributed by atoms with Gasteiger partial charge >= 0.3 is 0 Å². The highest BCUT2D eigenvalue weighted by molar-refractivity contribution is 5.82. The standard InChI is InChI=1S/C13H21N3O2/c1-9-11(10(2)18-15-9)7-16(4)12(17)13(3)5-6-14-8-13/h14H,5-8H2,1-4H3. The van der Waals surface area contributed by atoms with Gasteiger partial charge in [0.2, 0.25) is 5.91 Å². The number of aryl methyl sites for hydroxylation is 2. The van der Waals surface area contributed by atoms with Crippen LogP contribution in [0.3, 0.4) is 0 Å². The highest BCUT2D eigenvalue weighted by Gasteiger charge is 2.38. The lowest BCUT2D eigenvalue weighted by molar-refractivity contribution is -0.139. The molecule has 100 valence electrons. The molecule has 1 fully saturated rings. The molecular formula is C13H21N3O2. The molecule has 1 aromatic heterocycles. The third-order valence-corrected chi connectivity index (χ3v) is 3.81. The number of carbonyl (C=O) groups is 1. The fourth-order valence-corrected chi connectivity index (χ4v) is 2.50. The molecule has 0 aromatic carbocycles. The average Bonchev–Trinajstić information content (AvgIpc) is 2.90. The summed E-state index contributed by atoms with van der Waals surface area (Å²) in [5.41, 5.74) is 1.61. The molecule has 0 aliphatic carbocycles. The van der Waals surface area contributed by atoms with Gasteiger partial charge in [0.25, 0.3) is 0 Å². The van der Waals surface area contributed by atoms with Gasteiger partial charge in [0.05, 0.1) is 17.7 Å². The molecule has 1 atom stereocenters. The van der Waals surface area contributed by atoms with Gasteiger partial charge in [0.1, 0.15) is 5.76 Å². The van der Waals surface area contributed by atoms with Crippen molar-refractivity contribution in [2.45, 2.75) is 33.7 Å². The Morgan fingerprint density at radius 3 is 2.78 bits per heavy atom. The third kappa shape index (κ3) is 2.27. The van der Waals surface area contributed by atoms with Crippen LogP contribution < -0.4 is 5.32 Å². The molecule has 1 aliphatic heterocycles. The average molecular weight is 251 g/mol. The van der Waals surface area contributed by atoms with Gasteiger partial charge in [-0.2, -0.15) is 0 Å². The minimum absolute atomic E-state index is 0.188. The van der Waals surface area contributed by atoms with Crippen molar-refractivity contribution in [3.8, 4) is 0 Å². The zero-order chi connectivity index (χ0) is 13.3. The van der Waals surface area contributed by atoms with Crippen LogP contribution in [-0.2, 0) is 11.3 Å². The maximum absolute atomic E-state index is 12.5. The van der Waals surface area contributed by atoms with E-state index < -0.39 is 0 Å². The Morgan fingerprint density at radius 1 is 1.56 bits per heavy atom. The van der Waals surface area contributed by atoms with Crippen molar-refractivity contribution in [2.24, 2.45) is 5.41 Å². The molecule has 1 amide bonds. The summed E-state index contributed by atoms with van der Waals surface area (Å²) in [5.74, 6) is 0.981. The van der Waals surface area contributed by atoms with Crippen LogP contribution in [-0.4, -0.2) is 36.1 Å². The van der Waals surface area contributed by atoms with Crippen LogP contribution in [0.5, 0.6) is 0 Å². The molecular weight excluding hydrogens is 230 g/mol. The molecule has 18 heavy (non-hydrogen) atoms. The number of aromatic nitrogens is 1. The smallest absolute Gasteiger partial charge is 0.229 e. The Balaban J connectivity index is 2.08. The minimum Gasteiger partial charge on any atom is -0.361 e. The van der Waals surface area contributed by atoms with E-state index in [1.807, 2.05) is 27.8 Å². The van der Waals surface area contributed by atoms with Gasteiger partial charge < -0.3 is 14.7 Å². The normalized spacial score (nSPS) is 23.3. The van der Waals surface area contributed by atoms with Crippen LogP contribution >= 0.6 is 0 Å². The molecule has 1 aliphatic rings. The van der Waals surface area contributed by atoms with Crippen molar-refractivity contribution in [3.05, 3.63) is 17.0 Å². The number of amides is 1. The van der Waals surface area contributed by atoms with E-state index >= 15 is 0 Å². The van der Waals surface area contributed by atoms with Crippen molar-refractivity contribution in [1.29, 1.82) is 0 Å². The first-order valence-electron chi connectivity index (χ1n) is 6.32. The molecule has 0 bridgehead atoms. The van der Waals surface area contributed by atoms with Crippen LogP contribution in [0, 0.1) is 19.3 Å². The molecule has 0 radical (unpaired) electrons. The Labute approximate surface area is 108 Å². The molecule has 1 aromatic rings. The molecule has 1 saturated heterocycles. The monoisotopic (exact) mass is 251 g/mol. The highest BCUT2D eigenvalue weighted by Crippen LogP contribution is 2.27. The van der Waals surface area contributed by atoms with E-state index in [9.17, 15) is 4.79 Å². The zero-order valence-corrected chi connectivity index (χ0v) is 11.5. The second kappa shape index (κ2) is 4.72. The van der Waals surface area contributed by atoms with E-state index in [0.717, 1.165) is 36.5 Å². The Morgan fingerprint density at radius 2 is 2.28 bits per heavy atom. The van der Waals surface area contributed by atoms with Crippen molar-refractivity contribution in [3.63, 3.8) is 0 Å². The van der Waals surface area contributed by atoms with Crippen molar-refractivity contribution in [1.82, 2.24) is 15.4 Å². The summed E-state index contributed by atoms with van der Waals surface area (Å²) in [6, 6.07) is 0. The Kier molecular flexibility index (Phi) is 3.43. The van der Waals surface area contributed by atoms with Gasteiger partial charge in [-0.05, 0) is 33.7 Å². The maximum Gasteiger partial charge on any atom is 0.229 e. The summed E-state index contributed by atoms with van der Waals surface area (Å²) in [5, 5.41) is 7.17. The predicted molar refractivity (Wildman–Crippen MR) is 68.0 cm³/mol. The molecule has 1 N–H and O–H groups in total. The predicted octanol–water partition coefficient (Wildman–Crippen LogP) is 1.25. The van der Waals surface area contributed by atoms with Gasteiger partial charge in [0.15, 0.2) is 0 Å². The lowest BCUT2D eigenvalue weighted by Gasteiger charge is -2.28. The topological polar surface area (TPSA) is 58.4 Å². The summed E-state index contributed by atoms with van der Waals surface area (Å²) in [6.07, 6.45) is 0.901. The maximum atomic E-state index is 12.5. The van der Waals surface area contributed by atoms with E-state index in [2.05, 4.69) is 10.5 Å². The van der Waals surface area contributed by atoms with E-state index in [0.29, 0.717) is 6.54 Å². The molecule has 2 heterocycles. The molecule has 5 heteroatoms. The number of hydrogen-bond acceptors (Lipinski definition) is 4. The van der Waals surface area contributed by atoms with Gasteiger partial charge in [-0.3, -0.25) is 4.79 Å². The SMILES string of the molecule is Cc1noc(C)c1CN(C)C(=O)C1(C)CCNC1. The lowest BCUT2D eigenvalue weighted by Crippen LogP contribution is -2.41. The van der Waals surface area contributed by atoms with Crippen LogP contribution in [0.1, 0.15) is 30.4 Å². The van der Waals surface area contributed by atoms with Crippen LogP contribution in [0.4, 0.5) is 0 Å². The van der Waals surface area contributed by atoms with E-state index in [1.54, 1.807) is 4.90 Å². The molecule has 1 unspecified atom stereocenters. The second-order valence-corrected chi connectivity index (χ2v) is 5.45. The number of nitrogens with zero attached hydrogens (tertiary/aromatic N) is 2. The summed E-state index contributed by atoms with van der Waals surface area (Å²) in [4.78, 5) is 14.2. The summed E-state index contributed by atoms with van der Waals surface area (Å²) in [7, 11) is 1.85. The first-order chi connectivity index (χ1) is 8.44. The van der Waals surface area contributed by atoms with Crippen molar-refractivity contribution < 1.29 is 9.32 Å². The van der Waals surface area contributed by atoms with Crippen LogP contribution in [0.25, 0.3) is 0 Å². The Hall–Kier alpha value is -1.36. The molecule has 0 spiro atoms. The number of carbonyl (C=O) groups excluding carboxylic acids is 1. The van der Waals surface area contributed by atoms with Gasteiger partial charge in [-0.25, -0.2) is 0 Å². The second-order valence-electron chi connectivity index (χ2n) is 5.45. The lowest BCUT2D eigenvalue weighted by atomic mass is 9.88. The number of nitrogens with one attached hydrogen (secondary N) is 1. The first-order valence-corrected chi connectivity index (χ1v) is 6.32. The van der Waals surface area contributed by atoms with E-state index in [4.69, 9.17) is 4.52 Å². The van der Waals surface area contributed by atoms with Gasteiger partial charge in [-0.1, -0.05) is 5.16 Å². The first kappa shape index (κ1) is 13.1. The molecule has 2 rings (SSSR count). The molecule has 0 saturated carbocycles. The fourth-order valence-electron chi connectivity index (χ4n) is 2.50. The number of rotatable bonds is 3. The van der Waals surface area contributed by atoms with Gasteiger partial charge in [-0.15, -0.1) is 0 Å². The third-order valence-electron chi connectivity index (χ3n) is 3.81. The highest BCUT2D eigenvalue weighted by atomic mass is 16.5. The zero-order valence-electron chi connectivity index (χ0n) is 11.5. The van der Waals surface area contributed by atoms with Crippen molar-refractivity contribution in [2.75, 3.05) is 20.1 Å². The van der Waals surface area contributed by atoms with Gasteiger partial charge in [0, 0.05) is 19.2 Å². The summed E-state index contributed by atoms with van der Waals surface area (Å²) < 4.78 is 5.13. The van der Waals surface area contributed by atoms with E-state index in [-0.39, 0.29) is 11.3 Å². The quantitative estimate of drug-likeness (QED) is 0.878. The fraction of sp³-hybridized carbons (Fsp3) is 0.692. The van der Waals surface area contributed by atoms with E-state index in [1.165, 1.54) is 0 Å². The minimum atomic E-state index is -0.270. The number of hydrogen-bond donors (Lipinski definition) is 1. The summed E-state index contributed by atoms with van der Waals surface area (Å²) in [6.45, 7) is 8.06. The van der Waals surface area contributed by atoms with Crippen LogP contribution in [0.2, 0.25) is 0 Å². The Bertz CT molecular complexity index is 428. The van der Waals surface area contributed by atoms with Crippen LogP contribution in [0.15, 0.2) is 4.52 Å².